The quantitative estimate of drug-likeness (QED) is 0.724. The first-order valence-electron chi connectivity index (χ1n) is 7.35. The lowest BCUT2D eigenvalue weighted by Gasteiger charge is -2.17. The third kappa shape index (κ3) is 3.65. The summed E-state index contributed by atoms with van der Waals surface area (Å²) in [6.07, 6.45) is 0. The van der Waals surface area contributed by atoms with Gasteiger partial charge in [0.2, 0.25) is 5.91 Å². The lowest BCUT2D eigenvalue weighted by Crippen LogP contribution is -2.30. The molecule has 6 heteroatoms. The molecule has 2 aromatic heterocycles. The number of nitrogens with zero attached hydrogens (tertiary/aromatic N) is 4. The van der Waals surface area contributed by atoms with Crippen molar-refractivity contribution >= 4 is 17.2 Å². The summed E-state index contributed by atoms with van der Waals surface area (Å²) in [5.74, 6) is 1.40. The van der Waals surface area contributed by atoms with Gasteiger partial charge in [0.1, 0.15) is 12.4 Å². The molecule has 0 aliphatic heterocycles. The second-order valence-corrected chi connectivity index (χ2v) is 6.17. The molecule has 0 saturated heterocycles. The summed E-state index contributed by atoms with van der Waals surface area (Å²) in [5.41, 5.74) is 2.10. The first kappa shape index (κ1) is 15.4. The Labute approximate surface area is 139 Å². The molecule has 0 aliphatic rings. The monoisotopic (exact) mass is 326 g/mol. The summed E-state index contributed by atoms with van der Waals surface area (Å²) >= 11 is 1.63. The maximum atomic E-state index is 12.5. The van der Waals surface area contributed by atoms with Crippen LogP contribution in [-0.4, -0.2) is 32.6 Å². The topological polar surface area (TPSA) is 51.0 Å². The molecule has 0 unspecified atom stereocenters. The minimum absolute atomic E-state index is 0.0123. The molecule has 2 heterocycles. The van der Waals surface area contributed by atoms with Crippen molar-refractivity contribution in [2.24, 2.45) is 0 Å². The molecule has 0 N–H and O–H groups in total. The minimum atomic E-state index is 0.0123. The molecule has 3 aromatic rings. The molecular formula is C17H18N4OS. The van der Waals surface area contributed by atoms with E-state index in [2.05, 4.69) is 15.5 Å². The normalized spacial score (nSPS) is 10.7. The van der Waals surface area contributed by atoms with Crippen molar-refractivity contribution in [1.29, 1.82) is 0 Å². The summed E-state index contributed by atoms with van der Waals surface area (Å²) in [6, 6.07) is 11.8. The zero-order valence-electron chi connectivity index (χ0n) is 13.1. The average Bonchev–Trinajstić information content (AvgIpc) is 3.18. The van der Waals surface area contributed by atoms with E-state index in [9.17, 15) is 4.79 Å². The lowest BCUT2D eigenvalue weighted by atomic mass is 10.2. The standard InChI is InChI=1S/C17H18N4OS/c1-13-18-17(15-6-4-3-5-7-15)21(19-13)11-16(22)20(2)10-14-8-9-23-12-14/h3-9,12H,10-11H2,1-2H3. The van der Waals surface area contributed by atoms with Crippen LogP contribution in [0.3, 0.4) is 0 Å². The van der Waals surface area contributed by atoms with E-state index < -0.39 is 0 Å². The number of likely N-dealkylation sites (N-methyl/N-ethyl adjacent to an activating group) is 1. The van der Waals surface area contributed by atoms with Crippen molar-refractivity contribution in [2.45, 2.75) is 20.0 Å². The summed E-state index contributed by atoms with van der Waals surface area (Å²) in [7, 11) is 1.81. The fourth-order valence-corrected chi connectivity index (χ4v) is 3.02. The zero-order chi connectivity index (χ0) is 16.2. The van der Waals surface area contributed by atoms with E-state index in [4.69, 9.17) is 0 Å². The van der Waals surface area contributed by atoms with Crippen LogP contribution in [0.2, 0.25) is 0 Å². The van der Waals surface area contributed by atoms with Gasteiger partial charge < -0.3 is 4.90 Å². The Morgan fingerprint density at radius 2 is 2.04 bits per heavy atom. The molecule has 1 amide bonds. The highest BCUT2D eigenvalue weighted by atomic mass is 32.1. The number of hydrogen-bond acceptors (Lipinski definition) is 4. The number of carbonyl (C=O) groups is 1. The van der Waals surface area contributed by atoms with Crippen LogP contribution in [0.15, 0.2) is 47.2 Å². The second-order valence-electron chi connectivity index (χ2n) is 5.39. The fourth-order valence-electron chi connectivity index (χ4n) is 2.36. The third-order valence-corrected chi connectivity index (χ3v) is 4.25. The van der Waals surface area contributed by atoms with Crippen LogP contribution in [0, 0.1) is 6.92 Å². The summed E-state index contributed by atoms with van der Waals surface area (Å²) in [6.45, 7) is 2.63. The first-order valence-corrected chi connectivity index (χ1v) is 8.29. The van der Waals surface area contributed by atoms with Gasteiger partial charge in [0.25, 0.3) is 0 Å². The van der Waals surface area contributed by atoms with E-state index in [1.165, 1.54) is 0 Å². The predicted molar refractivity (Wildman–Crippen MR) is 91.0 cm³/mol. The van der Waals surface area contributed by atoms with Crippen molar-refractivity contribution in [2.75, 3.05) is 7.05 Å². The molecule has 0 aliphatic carbocycles. The largest absolute Gasteiger partial charge is 0.340 e. The number of aryl methyl sites for hydroxylation is 1. The van der Waals surface area contributed by atoms with Gasteiger partial charge >= 0.3 is 0 Å². The summed E-state index contributed by atoms with van der Waals surface area (Å²) in [4.78, 5) is 18.6. The van der Waals surface area contributed by atoms with Crippen LogP contribution >= 0.6 is 11.3 Å². The molecule has 5 nitrogen and oxygen atoms in total. The Kier molecular flexibility index (Phi) is 4.52. The highest BCUT2D eigenvalue weighted by Crippen LogP contribution is 2.17. The van der Waals surface area contributed by atoms with Gasteiger partial charge in [-0.1, -0.05) is 30.3 Å². The van der Waals surface area contributed by atoms with Crippen LogP contribution in [0.5, 0.6) is 0 Å². The minimum Gasteiger partial charge on any atom is -0.340 e. The van der Waals surface area contributed by atoms with Gasteiger partial charge in [0.05, 0.1) is 0 Å². The van der Waals surface area contributed by atoms with Gasteiger partial charge in [-0.05, 0) is 29.3 Å². The smallest absolute Gasteiger partial charge is 0.244 e. The molecule has 23 heavy (non-hydrogen) atoms. The number of hydrogen-bond donors (Lipinski definition) is 0. The maximum Gasteiger partial charge on any atom is 0.244 e. The molecule has 0 fully saturated rings. The molecule has 3 rings (SSSR count). The first-order chi connectivity index (χ1) is 11.1. The number of amides is 1. The highest BCUT2D eigenvalue weighted by molar-refractivity contribution is 7.07. The third-order valence-electron chi connectivity index (χ3n) is 3.52. The Hall–Kier alpha value is -2.47. The number of rotatable bonds is 5. The van der Waals surface area contributed by atoms with Crippen LogP contribution < -0.4 is 0 Å². The lowest BCUT2D eigenvalue weighted by molar-refractivity contribution is -0.131. The van der Waals surface area contributed by atoms with E-state index in [0.717, 1.165) is 17.0 Å². The summed E-state index contributed by atoms with van der Waals surface area (Å²) in [5, 5.41) is 8.44. The van der Waals surface area contributed by atoms with Gasteiger partial charge in [-0.25, -0.2) is 9.67 Å². The van der Waals surface area contributed by atoms with Gasteiger partial charge in [-0.3, -0.25) is 4.79 Å². The van der Waals surface area contributed by atoms with Crippen LogP contribution in [0.4, 0.5) is 0 Å². The van der Waals surface area contributed by atoms with E-state index >= 15 is 0 Å². The van der Waals surface area contributed by atoms with Crippen molar-refractivity contribution in [1.82, 2.24) is 19.7 Å². The number of thiophene rings is 1. The summed E-state index contributed by atoms with van der Waals surface area (Å²) < 4.78 is 1.68. The van der Waals surface area contributed by atoms with E-state index in [1.54, 1.807) is 20.9 Å². The molecular weight excluding hydrogens is 308 g/mol. The molecule has 0 spiro atoms. The van der Waals surface area contributed by atoms with Crippen LogP contribution in [0.1, 0.15) is 11.4 Å². The number of carbonyl (C=O) groups excluding carboxylic acids is 1. The molecule has 1 aromatic carbocycles. The average molecular weight is 326 g/mol. The molecule has 118 valence electrons. The molecule has 0 saturated carbocycles. The Morgan fingerprint density at radius 1 is 1.26 bits per heavy atom. The Balaban J connectivity index is 1.76. The Bertz CT molecular complexity index is 780. The molecule has 0 atom stereocenters. The zero-order valence-corrected chi connectivity index (χ0v) is 14.0. The fraction of sp³-hybridized carbons (Fsp3) is 0.235. The highest BCUT2D eigenvalue weighted by Gasteiger charge is 2.16. The van der Waals surface area contributed by atoms with Gasteiger partial charge in [0, 0.05) is 19.2 Å². The van der Waals surface area contributed by atoms with Crippen LogP contribution in [0.25, 0.3) is 11.4 Å². The number of aromatic nitrogens is 3. The van der Waals surface area contributed by atoms with E-state index in [1.807, 2.05) is 55.7 Å². The van der Waals surface area contributed by atoms with E-state index in [-0.39, 0.29) is 12.5 Å². The van der Waals surface area contributed by atoms with Gasteiger partial charge in [0.15, 0.2) is 5.82 Å². The second kappa shape index (κ2) is 6.75. The Morgan fingerprint density at radius 3 is 2.74 bits per heavy atom. The van der Waals surface area contributed by atoms with Crippen molar-refractivity contribution in [3.63, 3.8) is 0 Å². The van der Waals surface area contributed by atoms with Gasteiger partial charge in [-0.2, -0.15) is 16.4 Å². The SMILES string of the molecule is Cc1nc(-c2ccccc2)n(CC(=O)N(C)Cc2ccsc2)n1. The maximum absolute atomic E-state index is 12.5. The van der Waals surface area contributed by atoms with Crippen molar-refractivity contribution < 1.29 is 4.79 Å². The molecule has 0 bridgehead atoms. The predicted octanol–water partition coefficient (Wildman–Crippen LogP) is 2.97. The van der Waals surface area contributed by atoms with Crippen LogP contribution in [-0.2, 0) is 17.9 Å². The van der Waals surface area contributed by atoms with E-state index in [0.29, 0.717) is 12.4 Å². The molecule has 0 radical (unpaired) electrons. The van der Waals surface area contributed by atoms with Crippen molar-refractivity contribution in [3.8, 4) is 11.4 Å². The van der Waals surface area contributed by atoms with Crippen molar-refractivity contribution in [3.05, 3.63) is 58.5 Å². The van der Waals surface area contributed by atoms with Gasteiger partial charge in [-0.15, -0.1) is 0 Å². The number of benzene rings is 1.